The van der Waals surface area contributed by atoms with Crippen molar-refractivity contribution < 1.29 is 19.0 Å². The van der Waals surface area contributed by atoms with Gasteiger partial charge in [-0.05, 0) is 31.5 Å². The lowest BCUT2D eigenvalue weighted by Crippen LogP contribution is -2.33. The normalized spacial score (nSPS) is 20.1. The molecule has 2 aromatic rings. The van der Waals surface area contributed by atoms with Crippen LogP contribution in [0.2, 0.25) is 5.02 Å². The third-order valence-electron chi connectivity index (χ3n) is 4.24. The molecule has 1 saturated heterocycles. The fourth-order valence-corrected chi connectivity index (χ4v) is 3.08. The fraction of sp³-hybridized carbons (Fsp3) is 0.412. The smallest absolute Gasteiger partial charge is 0.260 e. The van der Waals surface area contributed by atoms with E-state index in [4.69, 9.17) is 16.3 Å². The molecule has 1 amide bonds. The molecule has 0 radical (unpaired) electrons. The van der Waals surface area contributed by atoms with Crippen molar-refractivity contribution in [3.05, 3.63) is 46.5 Å². The van der Waals surface area contributed by atoms with E-state index in [0.717, 1.165) is 11.4 Å². The number of nitrogens with zero attached hydrogens (tertiary/aromatic N) is 2. The Hall–Kier alpha value is -2.12. The predicted molar refractivity (Wildman–Crippen MR) is 90.0 cm³/mol. The quantitative estimate of drug-likeness (QED) is 0.846. The number of ether oxygens (including phenoxy) is 1. The first-order valence-electron chi connectivity index (χ1n) is 7.97. The van der Waals surface area contributed by atoms with Crippen molar-refractivity contribution in [2.75, 3.05) is 19.7 Å². The van der Waals surface area contributed by atoms with E-state index in [1.54, 1.807) is 4.90 Å². The number of hydrogen-bond acceptors (Lipinski definition) is 4. The summed E-state index contributed by atoms with van der Waals surface area (Å²) >= 11 is 5.68. The number of hydrogen-bond donors (Lipinski definition) is 2. The summed E-state index contributed by atoms with van der Waals surface area (Å²) in [5, 5.41) is 17.2. The van der Waals surface area contributed by atoms with E-state index in [1.165, 1.54) is 18.2 Å². The molecular formula is C17H19ClFN3O3. The van der Waals surface area contributed by atoms with Crippen LogP contribution in [0.4, 0.5) is 4.39 Å². The molecule has 134 valence electrons. The molecule has 2 atom stereocenters. The summed E-state index contributed by atoms with van der Waals surface area (Å²) in [5.41, 5.74) is 1.83. The molecule has 1 aromatic heterocycles. The van der Waals surface area contributed by atoms with Crippen LogP contribution in [0, 0.1) is 18.7 Å². The van der Waals surface area contributed by atoms with Crippen LogP contribution in [-0.4, -0.2) is 51.9 Å². The van der Waals surface area contributed by atoms with E-state index >= 15 is 0 Å². The number of aromatic nitrogens is 2. The standard InChI is InChI=1S/C17H19ClFN3O3/c1-10-4-12(21-20-10)5-11-7-22(8-16(11)23)17(24)9-25-13-2-3-15(19)14(18)6-13/h2-4,6,11,16,23H,5,7-9H2,1H3,(H,20,21)/t11-,16-/m1/s1. The molecule has 0 unspecified atom stereocenters. The number of carbonyl (C=O) groups excluding carboxylic acids is 1. The summed E-state index contributed by atoms with van der Waals surface area (Å²) in [6.07, 6.45) is 0.00482. The highest BCUT2D eigenvalue weighted by atomic mass is 35.5. The van der Waals surface area contributed by atoms with Gasteiger partial charge in [-0.3, -0.25) is 9.89 Å². The van der Waals surface area contributed by atoms with E-state index in [0.29, 0.717) is 18.7 Å². The van der Waals surface area contributed by atoms with Gasteiger partial charge in [0.05, 0.1) is 16.8 Å². The first-order chi connectivity index (χ1) is 11.9. The highest BCUT2D eigenvalue weighted by Crippen LogP contribution is 2.23. The molecule has 0 saturated carbocycles. The Morgan fingerprint density at radius 3 is 2.96 bits per heavy atom. The van der Waals surface area contributed by atoms with Gasteiger partial charge in [0.1, 0.15) is 11.6 Å². The summed E-state index contributed by atoms with van der Waals surface area (Å²) in [5.74, 6) is -0.519. The number of likely N-dealkylation sites (tertiary alicyclic amines) is 1. The fourth-order valence-electron chi connectivity index (χ4n) is 2.91. The van der Waals surface area contributed by atoms with E-state index in [2.05, 4.69) is 10.2 Å². The Kier molecular flexibility index (Phi) is 5.24. The van der Waals surface area contributed by atoms with E-state index in [-0.39, 0.29) is 30.0 Å². The Labute approximate surface area is 149 Å². The lowest BCUT2D eigenvalue weighted by atomic mass is 10.0. The Morgan fingerprint density at radius 2 is 2.28 bits per heavy atom. The van der Waals surface area contributed by atoms with Crippen molar-refractivity contribution in [1.82, 2.24) is 15.1 Å². The van der Waals surface area contributed by atoms with Crippen LogP contribution < -0.4 is 4.74 Å². The maximum atomic E-state index is 13.1. The van der Waals surface area contributed by atoms with Gasteiger partial charge in [-0.25, -0.2) is 4.39 Å². The Balaban J connectivity index is 1.53. The van der Waals surface area contributed by atoms with Gasteiger partial charge in [0.2, 0.25) is 0 Å². The number of β-amino-alcohol motifs (C(OH)–C–C–N with tert-alkyl or cyclic N) is 1. The van der Waals surface area contributed by atoms with Crippen molar-refractivity contribution in [2.24, 2.45) is 5.92 Å². The van der Waals surface area contributed by atoms with E-state index < -0.39 is 11.9 Å². The number of nitrogens with one attached hydrogen (secondary N) is 1. The van der Waals surface area contributed by atoms with Crippen molar-refractivity contribution in [1.29, 1.82) is 0 Å². The minimum Gasteiger partial charge on any atom is -0.484 e. The molecular weight excluding hydrogens is 349 g/mol. The van der Waals surface area contributed by atoms with Gasteiger partial charge < -0.3 is 14.7 Å². The third-order valence-corrected chi connectivity index (χ3v) is 4.53. The van der Waals surface area contributed by atoms with Crippen molar-refractivity contribution >= 4 is 17.5 Å². The molecule has 1 aromatic carbocycles. The number of benzene rings is 1. The average molecular weight is 368 g/mol. The van der Waals surface area contributed by atoms with Gasteiger partial charge in [0.25, 0.3) is 5.91 Å². The number of halogens is 2. The molecule has 1 aliphatic rings. The number of rotatable bonds is 5. The minimum absolute atomic E-state index is 0.0593. The number of H-pyrrole nitrogens is 1. The van der Waals surface area contributed by atoms with Gasteiger partial charge in [-0.1, -0.05) is 11.6 Å². The van der Waals surface area contributed by atoms with E-state index in [1.807, 2.05) is 13.0 Å². The number of aliphatic hydroxyl groups excluding tert-OH is 1. The molecule has 2 N–H and O–H groups in total. The minimum atomic E-state index is -0.596. The van der Waals surface area contributed by atoms with Crippen LogP contribution in [0.25, 0.3) is 0 Å². The lowest BCUT2D eigenvalue weighted by Gasteiger charge is -2.16. The number of carbonyl (C=O) groups is 1. The molecule has 1 aliphatic heterocycles. The largest absolute Gasteiger partial charge is 0.484 e. The van der Waals surface area contributed by atoms with Gasteiger partial charge in [-0.2, -0.15) is 5.10 Å². The van der Waals surface area contributed by atoms with Gasteiger partial charge in [0, 0.05) is 30.8 Å². The topological polar surface area (TPSA) is 78.5 Å². The molecule has 3 rings (SSSR count). The summed E-state index contributed by atoms with van der Waals surface area (Å²) in [7, 11) is 0. The Bertz CT molecular complexity index is 767. The summed E-state index contributed by atoms with van der Waals surface area (Å²) in [6, 6.07) is 5.85. The van der Waals surface area contributed by atoms with Crippen LogP contribution >= 0.6 is 11.6 Å². The van der Waals surface area contributed by atoms with Crippen molar-refractivity contribution in [3.8, 4) is 5.75 Å². The summed E-state index contributed by atoms with van der Waals surface area (Å²) in [4.78, 5) is 13.8. The second-order valence-corrected chi connectivity index (χ2v) is 6.64. The van der Waals surface area contributed by atoms with Gasteiger partial charge in [-0.15, -0.1) is 0 Å². The maximum absolute atomic E-state index is 13.1. The predicted octanol–water partition coefficient (Wildman–Crippen LogP) is 1.95. The van der Waals surface area contributed by atoms with Crippen molar-refractivity contribution in [2.45, 2.75) is 19.4 Å². The maximum Gasteiger partial charge on any atom is 0.260 e. The number of amides is 1. The molecule has 6 nitrogen and oxygen atoms in total. The van der Waals surface area contributed by atoms with E-state index in [9.17, 15) is 14.3 Å². The number of aryl methyl sites for hydroxylation is 1. The second kappa shape index (κ2) is 7.41. The monoisotopic (exact) mass is 367 g/mol. The molecule has 25 heavy (non-hydrogen) atoms. The second-order valence-electron chi connectivity index (χ2n) is 6.24. The van der Waals surface area contributed by atoms with Crippen LogP contribution in [0.15, 0.2) is 24.3 Å². The molecule has 0 aliphatic carbocycles. The lowest BCUT2D eigenvalue weighted by molar-refractivity contribution is -0.132. The van der Waals surface area contributed by atoms with Crippen molar-refractivity contribution in [3.63, 3.8) is 0 Å². The summed E-state index contributed by atoms with van der Waals surface area (Å²) in [6.45, 7) is 2.43. The zero-order chi connectivity index (χ0) is 18.0. The molecule has 2 heterocycles. The highest BCUT2D eigenvalue weighted by Gasteiger charge is 2.34. The first kappa shape index (κ1) is 17.7. The highest BCUT2D eigenvalue weighted by molar-refractivity contribution is 6.30. The Morgan fingerprint density at radius 1 is 1.48 bits per heavy atom. The average Bonchev–Trinajstić information content (AvgIpc) is 3.15. The zero-order valence-corrected chi connectivity index (χ0v) is 14.5. The first-order valence-corrected chi connectivity index (χ1v) is 8.34. The zero-order valence-electron chi connectivity index (χ0n) is 13.7. The molecule has 1 fully saturated rings. The van der Waals surface area contributed by atoms with Crippen LogP contribution in [-0.2, 0) is 11.2 Å². The third kappa shape index (κ3) is 4.29. The van der Waals surface area contributed by atoms with Gasteiger partial charge in [0.15, 0.2) is 6.61 Å². The molecule has 0 spiro atoms. The molecule has 0 bridgehead atoms. The van der Waals surface area contributed by atoms with Crippen LogP contribution in [0.1, 0.15) is 11.4 Å². The number of aliphatic hydroxyl groups is 1. The van der Waals surface area contributed by atoms with Crippen LogP contribution in [0.3, 0.4) is 0 Å². The SMILES string of the molecule is Cc1cc(C[C@@H]2CN(C(=O)COc3ccc(F)c(Cl)c3)C[C@H]2O)n[nH]1. The molecule has 8 heteroatoms. The van der Waals surface area contributed by atoms with Gasteiger partial charge >= 0.3 is 0 Å². The number of aromatic amines is 1. The van der Waals surface area contributed by atoms with Crippen LogP contribution in [0.5, 0.6) is 5.75 Å². The summed E-state index contributed by atoms with van der Waals surface area (Å²) < 4.78 is 18.5.